The molecular formula is C44H32N2. The Labute approximate surface area is 269 Å². The summed E-state index contributed by atoms with van der Waals surface area (Å²) in [6.07, 6.45) is 4.53. The molecule has 0 amide bonds. The minimum absolute atomic E-state index is 1.04. The fourth-order valence-electron chi connectivity index (χ4n) is 8.44. The third-order valence-corrected chi connectivity index (χ3v) is 10.7. The molecule has 2 nitrogen and oxygen atoms in total. The number of allylic oxidation sites excluding steroid dienone is 3. The van der Waals surface area contributed by atoms with Crippen LogP contribution in [0.1, 0.15) is 24.0 Å². The molecule has 0 radical (unpaired) electrons. The van der Waals surface area contributed by atoms with E-state index in [4.69, 9.17) is 0 Å². The maximum atomic E-state index is 2.46. The lowest BCUT2D eigenvalue weighted by Gasteiger charge is -2.38. The molecule has 0 aromatic heterocycles. The molecule has 0 bridgehead atoms. The summed E-state index contributed by atoms with van der Waals surface area (Å²) in [6.45, 7) is 0. The molecule has 46 heavy (non-hydrogen) atoms. The maximum absolute atomic E-state index is 2.46. The lowest BCUT2D eigenvalue weighted by molar-refractivity contribution is 1.01. The molecule has 7 aromatic rings. The van der Waals surface area contributed by atoms with E-state index in [-0.39, 0.29) is 0 Å². The first-order valence-corrected chi connectivity index (χ1v) is 16.3. The number of nitrogens with zero attached hydrogens (tertiary/aromatic N) is 2. The molecule has 0 fully saturated rings. The Kier molecular flexibility index (Phi) is 5.28. The van der Waals surface area contributed by atoms with Gasteiger partial charge in [-0.25, -0.2) is 0 Å². The van der Waals surface area contributed by atoms with E-state index < -0.39 is 0 Å². The van der Waals surface area contributed by atoms with Crippen molar-refractivity contribution in [2.24, 2.45) is 0 Å². The summed E-state index contributed by atoms with van der Waals surface area (Å²) in [5, 5.41) is 7.95. The van der Waals surface area contributed by atoms with Crippen molar-refractivity contribution < 1.29 is 0 Å². The van der Waals surface area contributed by atoms with E-state index in [9.17, 15) is 0 Å². The van der Waals surface area contributed by atoms with Crippen LogP contribution in [0, 0.1) is 0 Å². The van der Waals surface area contributed by atoms with Crippen LogP contribution in [0.2, 0.25) is 0 Å². The van der Waals surface area contributed by atoms with Gasteiger partial charge in [0.2, 0.25) is 0 Å². The summed E-state index contributed by atoms with van der Waals surface area (Å²) in [6, 6.07) is 47.3. The Morgan fingerprint density at radius 1 is 0.457 bits per heavy atom. The van der Waals surface area contributed by atoms with Crippen molar-refractivity contribution in [3.05, 3.63) is 150 Å². The summed E-state index contributed by atoms with van der Waals surface area (Å²) < 4.78 is 0. The predicted molar refractivity (Wildman–Crippen MR) is 197 cm³/mol. The highest BCUT2D eigenvalue weighted by molar-refractivity contribution is 6.20. The van der Waals surface area contributed by atoms with Gasteiger partial charge in [0.25, 0.3) is 0 Å². The van der Waals surface area contributed by atoms with Gasteiger partial charge in [0.1, 0.15) is 0 Å². The van der Waals surface area contributed by atoms with E-state index in [2.05, 4.69) is 157 Å². The first kappa shape index (κ1) is 25.7. The summed E-state index contributed by atoms with van der Waals surface area (Å²) in [5.74, 6) is 0. The number of hydrogen-bond acceptors (Lipinski definition) is 2. The van der Waals surface area contributed by atoms with Crippen LogP contribution in [-0.4, -0.2) is 14.1 Å². The summed E-state index contributed by atoms with van der Waals surface area (Å²) in [7, 11) is 4.48. The van der Waals surface area contributed by atoms with Crippen molar-refractivity contribution in [2.75, 3.05) is 23.9 Å². The third-order valence-electron chi connectivity index (χ3n) is 10.7. The minimum atomic E-state index is 1.04. The van der Waals surface area contributed by atoms with Gasteiger partial charge in [-0.05, 0) is 97.6 Å². The Hall–Kier alpha value is -5.60. The number of anilines is 3. The van der Waals surface area contributed by atoms with Gasteiger partial charge in [-0.3, -0.25) is 0 Å². The molecule has 10 rings (SSSR count). The van der Waals surface area contributed by atoms with E-state index >= 15 is 0 Å². The second-order valence-corrected chi connectivity index (χ2v) is 13.0. The second-order valence-electron chi connectivity index (χ2n) is 13.0. The quantitative estimate of drug-likeness (QED) is 0.198. The molecule has 0 saturated carbocycles. The summed E-state index contributed by atoms with van der Waals surface area (Å²) >= 11 is 0. The monoisotopic (exact) mass is 588 g/mol. The van der Waals surface area contributed by atoms with Crippen LogP contribution in [-0.2, 0) is 0 Å². The highest BCUT2D eigenvalue weighted by Crippen LogP contribution is 2.55. The van der Waals surface area contributed by atoms with Crippen LogP contribution < -0.4 is 9.80 Å². The zero-order valence-corrected chi connectivity index (χ0v) is 26.0. The van der Waals surface area contributed by atoms with Gasteiger partial charge in [-0.15, -0.1) is 0 Å². The van der Waals surface area contributed by atoms with E-state index in [1.165, 1.54) is 99.6 Å². The van der Waals surface area contributed by atoms with Crippen molar-refractivity contribution in [1.29, 1.82) is 0 Å². The standard InChI is InChI=1S/C44H32N2/c1-45-39-23-24-40-44-38(36-20-18-30(26-42(36)46(40)2)34-16-8-12-28-10-4-6-14-32(28)34)22-21-37(43(39)44)35-19-17-29(25-41(35)45)33-15-7-11-27-9-3-5-13-31(27)33/h3-17,19,21-26H,18,20H2,1-2H3. The van der Waals surface area contributed by atoms with Gasteiger partial charge in [-0.2, -0.15) is 0 Å². The Morgan fingerprint density at radius 3 is 1.85 bits per heavy atom. The average Bonchev–Trinajstić information content (AvgIpc) is 3.12. The highest BCUT2D eigenvalue weighted by atomic mass is 15.1. The molecular weight excluding hydrogens is 556 g/mol. The topological polar surface area (TPSA) is 6.48 Å². The van der Waals surface area contributed by atoms with Crippen LogP contribution in [0.4, 0.5) is 17.1 Å². The molecule has 0 atom stereocenters. The zero-order chi connectivity index (χ0) is 30.5. The van der Waals surface area contributed by atoms with Crippen LogP contribution in [0.5, 0.6) is 0 Å². The van der Waals surface area contributed by atoms with Crippen LogP contribution in [0.15, 0.2) is 139 Å². The largest absolute Gasteiger partial charge is 0.344 e. The molecule has 0 unspecified atom stereocenters. The molecule has 218 valence electrons. The van der Waals surface area contributed by atoms with Gasteiger partial charge >= 0.3 is 0 Å². The fourth-order valence-corrected chi connectivity index (χ4v) is 8.44. The third kappa shape index (κ3) is 3.47. The number of hydrogen-bond donors (Lipinski definition) is 0. The number of rotatable bonds is 2. The van der Waals surface area contributed by atoms with Crippen molar-refractivity contribution in [2.45, 2.75) is 12.8 Å². The molecule has 0 saturated heterocycles. The normalized spacial score (nSPS) is 15.0. The van der Waals surface area contributed by atoms with Crippen molar-refractivity contribution in [3.8, 4) is 22.3 Å². The first-order chi connectivity index (χ1) is 22.7. The molecule has 2 heterocycles. The van der Waals surface area contributed by atoms with Gasteiger partial charge in [0, 0.05) is 53.2 Å². The zero-order valence-electron chi connectivity index (χ0n) is 26.0. The first-order valence-electron chi connectivity index (χ1n) is 16.3. The van der Waals surface area contributed by atoms with Crippen LogP contribution in [0.25, 0.3) is 65.7 Å². The molecule has 1 aliphatic carbocycles. The fraction of sp³-hybridized carbons (Fsp3) is 0.0909. The van der Waals surface area contributed by atoms with E-state index in [1.807, 2.05) is 0 Å². The lowest BCUT2D eigenvalue weighted by atomic mass is 9.80. The molecule has 3 aliphatic rings. The summed E-state index contributed by atoms with van der Waals surface area (Å²) in [5.41, 5.74) is 15.9. The van der Waals surface area contributed by atoms with Gasteiger partial charge < -0.3 is 9.80 Å². The van der Waals surface area contributed by atoms with Crippen LogP contribution >= 0.6 is 0 Å². The number of likely N-dealkylation sites (N-methyl/N-ethyl adjacent to an activating group) is 1. The van der Waals surface area contributed by atoms with Crippen molar-refractivity contribution >= 4 is 60.5 Å². The molecule has 0 N–H and O–H groups in total. The Balaban J connectivity index is 1.14. The van der Waals surface area contributed by atoms with Crippen molar-refractivity contribution in [3.63, 3.8) is 0 Å². The van der Waals surface area contributed by atoms with Gasteiger partial charge in [-0.1, -0.05) is 109 Å². The molecule has 2 aliphatic heterocycles. The van der Waals surface area contributed by atoms with E-state index in [0.29, 0.717) is 0 Å². The Bertz CT molecular complexity index is 2500. The molecule has 2 heteroatoms. The number of fused-ring (bicyclic) bond motifs is 5. The summed E-state index contributed by atoms with van der Waals surface area (Å²) in [4.78, 5) is 4.85. The Morgan fingerprint density at radius 2 is 1.07 bits per heavy atom. The number of benzene rings is 7. The van der Waals surface area contributed by atoms with Crippen molar-refractivity contribution in [1.82, 2.24) is 0 Å². The maximum Gasteiger partial charge on any atom is 0.0496 e. The lowest BCUT2D eigenvalue weighted by Crippen LogP contribution is -2.24. The SMILES string of the molecule is CN1C2=C(CCC(c3cccc4ccccc34)=C2)c2ccc3c4c(ccc1c24)N(C)c1cc(-c2cccc4ccccc24)ccc1-3. The van der Waals surface area contributed by atoms with E-state index in [0.717, 1.165) is 12.8 Å². The molecule has 7 aromatic carbocycles. The highest BCUT2D eigenvalue weighted by Gasteiger charge is 2.32. The predicted octanol–water partition coefficient (Wildman–Crippen LogP) is 11.6. The molecule has 0 spiro atoms. The smallest absolute Gasteiger partial charge is 0.0496 e. The van der Waals surface area contributed by atoms with Gasteiger partial charge in [0.15, 0.2) is 0 Å². The van der Waals surface area contributed by atoms with E-state index in [1.54, 1.807) is 0 Å². The minimum Gasteiger partial charge on any atom is -0.344 e. The van der Waals surface area contributed by atoms with Gasteiger partial charge in [0.05, 0.1) is 0 Å². The second kappa shape index (κ2) is 9.45. The van der Waals surface area contributed by atoms with Crippen LogP contribution in [0.3, 0.4) is 0 Å². The average molecular weight is 589 g/mol.